The van der Waals surface area contributed by atoms with Crippen molar-refractivity contribution in [3.8, 4) is 0 Å². The van der Waals surface area contributed by atoms with Crippen molar-refractivity contribution in [2.75, 3.05) is 5.43 Å². The first-order valence-electron chi connectivity index (χ1n) is 2.77. The fraction of sp³-hybridized carbons (Fsp3) is 0. The van der Waals surface area contributed by atoms with Crippen LogP contribution in [0.5, 0.6) is 0 Å². The minimum atomic E-state index is -0.880. The van der Waals surface area contributed by atoms with Gasteiger partial charge in [-0.3, -0.25) is 5.84 Å². The van der Waals surface area contributed by atoms with Gasteiger partial charge in [0.2, 0.25) is 0 Å². The maximum Gasteiger partial charge on any atom is 0.169 e. The molecule has 0 amide bonds. The molecule has 11 heavy (non-hydrogen) atoms. The third-order valence-corrected chi connectivity index (χ3v) is 1.48. The zero-order chi connectivity index (χ0) is 8.43. The third-order valence-electron chi connectivity index (χ3n) is 1.19. The highest BCUT2D eigenvalue weighted by Crippen LogP contribution is 2.24. The number of rotatable bonds is 1. The maximum absolute atomic E-state index is 12.7. The zero-order valence-corrected chi connectivity index (χ0v) is 6.12. The summed E-state index contributed by atoms with van der Waals surface area (Å²) in [5.41, 5.74) is 1.45. The summed E-state index contributed by atoms with van der Waals surface area (Å²) < 4.78 is 25.3. The third kappa shape index (κ3) is 1.41. The van der Waals surface area contributed by atoms with Gasteiger partial charge in [-0.2, -0.15) is 0 Å². The fourth-order valence-corrected chi connectivity index (χ4v) is 0.817. The maximum atomic E-state index is 12.7. The number of nitrogens with two attached hydrogens (primary N) is 1. The van der Waals surface area contributed by atoms with Crippen molar-refractivity contribution in [2.45, 2.75) is 0 Å². The predicted octanol–water partition coefficient (Wildman–Crippen LogP) is 1.90. The van der Waals surface area contributed by atoms with Crippen molar-refractivity contribution < 1.29 is 8.78 Å². The van der Waals surface area contributed by atoms with Crippen LogP contribution >= 0.6 is 11.6 Å². The van der Waals surface area contributed by atoms with E-state index < -0.39 is 17.3 Å². The van der Waals surface area contributed by atoms with Crippen molar-refractivity contribution in [1.29, 1.82) is 0 Å². The Morgan fingerprint density at radius 2 is 2.00 bits per heavy atom. The summed E-state index contributed by atoms with van der Waals surface area (Å²) in [4.78, 5) is 0. The molecule has 0 saturated carbocycles. The Hall–Kier alpha value is -0.870. The van der Waals surface area contributed by atoms with Gasteiger partial charge in [0.1, 0.15) is 5.69 Å². The monoisotopic (exact) mass is 178 g/mol. The molecule has 0 aliphatic rings. The lowest BCUT2D eigenvalue weighted by Crippen LogP contribution is -2.10. The van der Waals surface area contributed by atoms with Crippen molar-refractivity contribution in [2.24, 2.45) is 5.84 Å². The van der Waals surface area contributed by atoms with Crippen LogP contribution in [0.1, 0.15) is 0 Å². The van der Waals surface area contributed by atoms with E-state index in [0.717, 1.165) is 12.1 Å². The molecule has 0 spiro atoms. The molecule has 3 N–H and O–H groups in total. The molecule has 0 bridgehead atoms. The first-order valence-corrected chi connectivity index (χ1v) is 3.14. The van der Waals surface area contributed by atoms with E-state index in [1.54, 1.807) is 0 Å². The second-order valence-corrected chi connectivity index (χ2v) is 2.27. The Morgan fingerprint density at radius 3 is 2.45 bits per heavy atom. The van der Waals surface area contributed by atoms with Crippen LogP contribution in [-0.2, 0) is 0 Å². The zero-order valence-electron chi connectivity index (χ0n) is 5.37. The molecule has 5 heteroatoms. The van der Waals surface area contributed by atoms with Crippen LogP contribution in [0.2, 0.25) is 5.02 Å². The van der Waals surface area contributed by atoms with E-state index in [1.807, 2.05) is 5.43 Å². The molecule has 1 aromatic carbocycles. The van der Waals surface area contributed by atoms with E-state index in [1.165, 1.54) is 0 Å². The highest BCUT2D eigenvalue weighted by Gasteiger charge is 2.10. The Balaban J connectivity index is 3.29. The van der Waals surface area contributed by atoms with Gasteiger partial charge in [0, 0.05) is 0 Å². The fourth-order valence-electron chi connectivity index (χ4n) is 0.659. The first kappa shape index (κ1) is 8.23. The quantitative estimate of drug-likeness (QED) is 0.392. The lowest BCUT2D eigenvalue weighted by atomic mass is 10.3. The number of anilines is 1. The normalized spacial score (nSPS) is 9.82. The number of hydrazine groups is 1. The van der Waals surface area contributed by atoms with E-state index in [4.69, 9.17) is 17.4 Å². The summed E-state index contributed by atoms with van der Waals surface area (Å²) in [6.45, 7) is 0. The predicted molar refractivity (Wildman–Crippen MR) is 39.2 cm³/mol. The largest absolute Gasteiger partial charge is 0.319 e. The lowest BCUT2D eigenvalue weighted by Gasteiger charge is -2.03. The molecule has 2 nitrogen and oxygen atoms in total. The van der Waals surface area contributed by atoms with Crippen molar-refractivity contribution in [3.05, 3.63) is 28.8 Å². The molecule has 1 rings (SSSR count). The van der Waals surface area contributed by atoms with Crippen LogP contribution < -0.4 is 11.3 Å². The van der Waals surface area contributed by atoms with E-state index in [2.05, 4.69) is 0 Å². The molecular weight excluding hydrogens is 174 g/mol. The average molecular weight is 179 g/mol. The van der Waals surface area contributed by atoms with Gasteiger partial charge in [0.05, 0.1) is 5.02 Å². The molecular formula is C6H5ClF2N2. The van der Waals surface area contributed by atoms with Crippen LogP contribution in [0.25, 0.3) is 0 Å². The number of benzene rings is 1. The molecule has 0 saturated heterocycles. The molecule has 1 aromatic rings. The summed E-state index contributed by atoms with van der Waals surface area (Å²) in [7, 11) is 0. The van der Waals surface area contributed by atoms with Gasteiger partial charge in [0.25, 0.3) is 0 Å². The van der Waals surface area contributed by atoms with Crippen LogP contribution in [0.15, 0.2) is 12.1 Å². The van der Waals surface area contributed by atoms with E-state index in [0.29, 0.717) is 0 Å². The molecule has 0 radical (unpaired) electrons. The summed E-state index contributed by atoms with van der Waals surface area (Å²) in [6, 6.07) is 2.15. The molecule has 60 valence electrons. The van der Waals surface area contributed by atoms with Crippen molar-refractivity contribution in [1.82, 2.24) is 0 Å². The minimum absolute atomic E-state index is 0.167. The molecule has 0 unspecified atom stereocenters. The average Bonchev–Trinajstić information content (AvgIpc) is 1.99. The minimum Gasteiger partial charge on any atom is -0.319 e. The highest BCUT2D eigenvalue weighted by atomic mass is 35.5. The van der Waals surface area contributed by atoms with E-state index in [-0.39, 0.29) is 5.02 Å². The molecule has 0 aliphatic carbocycles. The second kappa shape index (κ2) is 3.02. The molecule has 0 heterocycles. The summed E-state index contributed by atoms with van der Waals surface area (Å²) >= 11 is 5.33. The Morgan fingerprint density at radius 1 is 1.36 bits per heavy atom. The van der Waals surface area contributed by atoms with Crippen LogP contribution in [-0.4, -0.2) is 0 Å². The number of hydrogen-bond donors (Lipinski definition) is 2. The smallest absolute Gasteiger partial charge is 0.169 e. The standard InChI is InChI=1S/C6H5ClF2N2/c7-3-1-2-4(8)6(11-10)5(3)9/h1-2,11H,10H2. The van der Waals surface area contributed by atoms with Gasteiger partial charge < -0.3 is 5.43 Å². The van der Waals surface area contributed by atoms with Gasteiger partial charge in [-0.15, -0.1) is 0 Å². The van der Waals surface area contributed by atoms with Crippen LogP contribution in [0.3, 0.4) is 0 Å². The number of hydrogen-bond acceptors (Lipinski definition) is 2. The van der Waals surface area contributed by atoms with Gasteiger partial charge in [-0.1, -0.05) is 11.6 Å². The van der Waals surface area contributed by atoms with Gasteiger partial charge >= 0.3 is 0 Å². The Kier molecular flexibility index (Phi) is 2.26. The van der Waals surface area contributed by atoms with Gasteiger partial charge in [0.15, 0.2) is 11.6 Å². The van der Waals surface area contributed by atoms with E-state index in [9.17, 15) is 8.78 Å². The van der Waals surface area contributed by atoms with Crippen molar-refractivity contribution in [3.63, 3.8) is 0 Å². The molecule has 0 atom stereocenters. The molecule has 0 aliphatic heterocycles. The van der Waals surface area contributed by atoms with Crippen molar-refractivity contribution >= 4 is 17.3 Å². The molecule has 0 fully saturated rings. The Labute approximate surface area is 66.9 Å². The summed E-state index contributed by atoms with van der Waals surface area (Å²) in [6.07, 6.45) is 0. The highest BCUT2D eigenvalue weighted by molar-refractivity contribution is 6.31. The van der Waals surface area contributed by atoms with E-state index >= 15 is 0 Å². The second-order valence-electron chi connectivity index (χ2n) is 1.86. The summed E-state index contributed by atoms with van der Waals surface area (Å²) in [5.74, 6) is 3.18. The van der Waals surface area contributed by atoms with Gasteiger partial charge in [-0.25, -0.2) is 8.78 Å². The number of nitrogen functional groups attached to an aromatic ring is 1. The summed E-state index contributed by atoms with van der Waals surface area (Å²) in [5, 5.41) is -0.167. The van der Waals surface area contributed by atoms with Crippen LogP contribution in [0, 0.1) is 11.6 Å². The lowest BCUT2D eigenvalue weighted by molar-refractivity contribution is 0.589. The molecule has 0 aromatic heterocycles. The number of nitrogens with one attached hydrogen (secondary N) is 1. The SMILES string of the molecule is NNc1c(F)ccc(Cl)c1F. The van der Waals surface area contributed by atoms with Gasteiger partial charge in [-0.05, 0) is 12.1 Å². The first-order chi connectivity index (χ1) is 5.16. The topological polar surface area (TPSA) is 38.0 Å². The Bertz CT molecular complexity index is 278. The van der Waals surface area contributed by atoms with Crippen LogP contribution in [0.4, 0.5) is 14.5 Å². The number of halogens is 3.